The number of nitrogens with one attached hydrogen (secondary N) is 1. The third-order valence-corrected chi connectivity index (χ3v) is 4.48. The summed E-state index contributed by atoms with van der Waals surface area (Å²) >= 11 is 0. The van der Waals surface area contributed by atoms with Crippen LogP contribution < -0.4 is 5.32 Å². The van der Waals surface area contributed by atoms with Crippen molar-refractivity contribution in [2.75, 3.05) is 0 Å². The van der Waals surface area contributed by atoms with Gasteiger partial charge in [-0.2, -0.15) is 0 Å². The average Bonchev–Trinajstić information content (AvgIpc) is 2.90. The second-order valence-electron chi connectivity index (χ2n) is 5.56. The molecule has 3 fully saturated rings. The van der Waals surface area contributed by atoms with Crippen LogP contribution in [0.5, 0.6) is 0 Å². The van der Waals surface area contributed by atoms with Crippen LogP contribution in [0.15, 0.2) is 0 Å². The minimum Gasteiger partial charge on any atom is -0.481 e. The zero-order valence-corrected chi connectivity index (χ0v) is 8.98. The van der Waals surface area contributed by atoms with Crippen LogP contribution in [-0.2, 0) is 4.79 Å². The van der Waals surface area contributed by atoms with Gasteiger partial charge in [0.25, 0.3) is 0 Å². The van der Waals surface area contributed by atoms with E-state index in [9.17, 15) is 4.79 Å². The first kappa shape index (κ1) is 9.64. The van der Waals surface area contributed by atoms with Crippen LogP contribution in [0.1, 0.15) is 38.5 Å². The molecular weight excluding hydrogens is 190 g/mol. The molecule has 84 valence electrons. The smallest absolute Gasteiger partial charge is 0.303 e. The van der Waals surface area contributed by atoms with E-state index in [2.05, 4.69) is 5.32 Å². The lowest BCUT2D eigenvalue weighted by Crippen LogP contribution is -2.46. The van der Waals surface area contributed by atoms with E-state index in [1.54, 1.807) is 0 Å². The Bertz CT molecular complexity index is 275. The van der Waals surface area contributed by atoms with Crippen LogP contribution in [0.25, 0.3) is 0 Å². The van der Waals surface area contributed by atoms with Crippen LogP contribution in [0, 0.1) is 17.8 Å². The zero-order valence-electron chi connectivity index (χ0n) is 8.98. The molecule has 0 aromatic heterocycles. The molecule has 2 heterocycles. The highest BCUT2D eigenvalue weighted by Gasteiger charge is 2.48. The second-order valence-corrected chi connectivity index (χ2v) is 5.56. The third-order valence-electron chi connectivity index (χ3n) is 4.48. The number of aliphatic carboxylic acids is 1. The van der Waals surface area contributed by atoms with E-state index in [1.807, 2.05) is 0 Å². The molecule has 2 saturated heterocycles. The molecule has 0 aromatic carbocycles. The number of hydrogen-bond donors (Lipinski definition) is 2. The van der Waals surface area contributed by atoms with Crippen molar-refractivity contribution in [2.24, 2.45) is 17.8 Å². The molecule has 3 heteroatoms. The van der Waals surface area contributed by atoms with E-state index in [0.717, 1.165) is 12.3 Å². The van der Waals surface area contributed by atoms with Crippen LogP contribution in [0.2, 0.25) is 0 Å². The van der Waals surface area contributed by atoms with Crippen molar-refractivity contribution >= 4 is 5.97 Å². The van der Waals surface area contributed by atoms with Gasteiger partial charge < -0.3 is 10.4 Å². The van der Waals surface area contributed by atoms with Gasteiger partial charge in [-0.3, -0.25) is 4.79 Å². The van der Waals surface area contributed by atoms with Crippen molar-refractivity contribution in [3.05, 3.63) is 0 Å². The molecule has 0 amide bonds. The van der Waals surface area contributed by atoms with E-state index in [4.69, 9.17) is 5.11 Å². The molecule has 0 aromatic rings. The van der Waals surface area contributed by atoms with Gasteiger partial charge in [0.05, 0.1) is 0 Å². The maximum atomic E-state index is 10.9. The predicted molar refractivity (Wildman–Crippen MR) is 56.5 cm³/mol. The highest BCUT2D eigenvalue weighted by Crippen LogP contribution is 2.49. The van der Waals surface area contributed by atoms with E-state index in [0.29, 0.717) is 30.3 Å². The SMILES string of the molecule is O=C(O)CC1CC2CCC(N2)C1C1CC1. The summed E-state index contributed by atoms with van der Waals surface area (Å²) in [5.74, 6) is 1.35. The lowest BCUT2D eigenvalue weighted by atomic mass is 9.76. The molecule has 2 N–H and O–H groups in total. The molecule has 1 aliphatic carbocycles. The predicted octanol–water partition coefficient (Wildman–Crippen LogP) is 1.63. The number of fused-ring (bicyclic) bond motifs is 2. The monoisotopic (exact) mass is 209 g/mol. The van der Waals surface area contributed by atoms with Gasteiger partial charge >= 0.3 is 5.97 Å². The van der Waals surface area contributed by atoms with Gasteiger partial charge in [0.15, 0.2) is 0 Å². The Morgan fingerprint density at radius 3 is 2.73 bits per heavy atom. The van der Waals surface area contributed by atoms with Gasteiger partial charge in [0.2, 0.25) is 0 Å². The summed E-state index contributed by atoms with van der Waals surface area (Å²) < 4.78 is 0. The van der Waals surface area contributed by atoms with Crippen molar-refractivity contribution < 1.29 is 9.90 Å². The van der Waals surface area contributed by atoms with Crippen molar-refractivity contribution in [2.45, 2.75) is 50.6 Å². The summed E-state index contributed by atoms with van der Waals surface area (Å²) in [5, 5.41) is 12.6. The molecule has 2 aliphatic heterocycles. The lowest BCUT2D eigenvalue weighted by molar-refractivity contribution is -0.139. The van der Waals surface area contributed by atoms with Gasteiger partial charge in [0.1, 0.15) is 0 Å². The highest BCUT2D eigenvalue weighted by atomic mass is 16.4. The summed E-state index contributed by atoms with van der Waals surface area (Å²) in [5.41, 5.74) is 0. The summed E-state index contributed by atoms with van der Waals surface area (Å²) in [7, 11) is 0. The van der Waals surface area contributed by atoms with Crippen molar-refractivity contribution in [1.29, 1.82) is 0 Å². The van der Waals surface area contributed by atoms with Crippen molar-refractivity contribution in [1.82, 2.24) is 5.32 Å². The van der Waals surface area contributed by atoms with Gasteiger partial charge in [-0.1, -0.05) is 0 Å². The molecule has 0 radical (unpaired) electrons. The van der Waals surface area contributed by atoms with Crippen LogP contribution >= 0.6 is 0 Å². The standard InChI is InChI=1S/C12H19NO2/c14-11(15)6-8-5-9-3-4-10(13-9)12(8)7-1-2-7/h7-10,12-13H,1-6H2,(H,14,15). The lowest BCUT2D eigenvalue weighted by Gasteiger charge is -2.37. The van der Waals surface area contributed by atoms with Gasteiger partial charge in [-0.05, 0) is 49.9 Å². The number of carbonyl (C=O) groups is 1. The Balaban J connectivity index is 1.75. The van der Waals surface area contributed by atoms with Gasteiger partial charge in [0, 0.05) is 18.5 Å². The van der Waals surface area contributed by atoms with Gasteiger partial charge in [-0.25, -0.2) is 0 Å². The first-order chi connectivity index (χ1) is 7.24. The average molecular weight is 209 g/mol. The Kier molecular flexibility index (Phi) is 2.23. The van der Waals surface area contributed by atoms with E-state index >= 15 is 0 Å². The van der Waals surface area contributed by atoms with E-state index in [-0.39, 0.29) is 0 Å². The topological polar surface area (TPSA) is 49.3 Å². The molecular formula is C12H19NO2. The fraction of sp³-hybridized carbons (Fsp3) is 0.917. The first-order valence-corrected chi connectivity index (χ1v) is 6.22. The molecule has 15 heavy (non-hydrogen) atoms. The Labute approximate surface area is 90.2 Å². The molecule has 0 spiro atoms. The molecule has 3 nitrogen and oxygen atoms in total. The molecule has 2 bridgehead atoms. The fourth-order valence-corrected chi connectivity index (χ4v) is 3.83. The first-order valence-electron chi connectivity index (χ1n) is 6.22. The quantitative estimate of drug-likeness (QED) is 0.742. The molecule has 3 aliphatic rings. The minimum atomic E-state index is -0.605. The zero-order chi connectivity index (χ0) is 10.4. The molecule has 4 atom stereocenters. The van der Waals surface area contributed by atoms with Crippen LogP contribution in [0.3, 0.4) is 0 Å². The Morgan fingerprint density at radius 2 is 2.07 bits per heavy atom. The highest BCUT2D eigenvalue weighted by molar-refractivity contribution is 5.67. The summed E-state index contributed by atoms with van der Waals surface area (Å²) in [6.07, 6.45) is 6.72. The summed E-state index contributed by atoms with van der Waals surface area (Å²) in [6.45, 7) is 0. The maximum absolute atomic E-state index is 10.9. The van der Waals surface area contributed by atoms with Crippen LogP contribution in [0.4, 0.5) is 0 Å². The molecule has 1 saturated carbocycles. The number of hydrogen-bond acceptors (Lipinski definition) is 2. The largest absolute Gasteiger partial charge is 0.481 e. The molecule has 3 rings (SSSR count). The van der Waals surface area contributed by atoms with Crippen LogP contribution in [-0.4, -0.2) is 23.2 Å². The maximum Gasteiger partial charge on any atom is 0.303 e. The van der Waals surface area contributed by atoms with E-state index < -0.39 is 5.97 Å². The molecule has 4 unspecified atom stereocenters. The number of carboxylic acid groups (broad SMARTS) is 1. The summed E-state index contributed by atoms with van der Waals surface area (Å²) in [6, 6.07) is 1.26. The number of carboxylic acids is 1. The fourth-order valence-electron chi connectivity index (χ4n) is 3.83. The summed E-state index contributed by atoms with van der Waals surface area (Å²) in [4.78, 5) is 10.9. The third kappa shape index (κ3) is 1.78. The number of piperidine rings is 1. The van der Waals surface area contributed by atoms with Gasteiger partial charge in [-0.15, -0.1) is 0 Å². The Morgan fingerprint density at radius 1 is 1.27 bits per heavy atom. The van der Waals surface area contributed by atoms with Crippen molar-refractivity contribution in [3.8, 4) is 0 Å². The number of rotatable bonds is 3. The van der Waals surface area contributed by atoms with E-state index in [1.165, 1.54) is 25.7 Å². The Hall–Kier alpha value is -0.570. The van der Waals surface area contributed by atoms with Crippen molar-refractivity contribution in [3.63, 3.8) is 0 Å². The second kappa shape index (κ2) is 3.48. The normalized spacial score (nSPS) is 44.3. The minimum absolute atomic E-state index is 0.399.